The lowest BCUT2D eigenvalue weighted by atomic mass is 9.90. The molecule has 3 rings (SSSR count). The molecule has 2 heteroatoms. The number of ether oxygens (including phenoxy) is 1. The maximum atomic E-state index is 5.46. The van der Waals surface area contributed by atoms with Crippen LogP contribution in [0, 0.1) is 5.92 Å². The van der Waals surface area contributed by atoms with E-state index < -0.39 is 0 Å². The number of methoxy groups -OCH3 is 1. The SMILES string of the molecule is COc1cccc2ccc(CC3CCNCC3)cc12. The quantitative estimate of drug-likeness (QED) is 0.907. The molecule has 1 fully saturated rings. The minimum absolute atomic E-state index is 0.827. The van der Waals surface area contributed by atoms with Crippen LogP contribution in [-0.4, -0.2) is 20.2 Å². The monoisotopic (exact) mass is 255 g/mol. The smallest absolute Gasteiger partial charge is 0.126 e. The van der Waals surface area contributed by atoms with Gasteiger partial charge in [0.1, 0.15) is 5.75 Å². The second kappa shape index (κ2) is 5.62. The molecule has 19 heavy (non-hydrogen) atoms. The third kappa shape index (κ3) is 2.74. The molecule has 1 N–H and O–H groups in total. The van der Waals surface area contributed by atoms with E-state index in [-0.39, 0.29) is 0 Å². The maximum Gasteiger partial charge on any atom is 0.126 e. The van der Waals surface area contributed by atoms with E-state index in [2.05, 4.69) is 29.6 Å². The van der Waals surface area contributed by atoms with Gasteiger partial charge in [-0.2, -0.15) is 0 Å². The van der Waals surface area contributed by atoms with Gasteiger partial charge in [0.25, 0.3) is 0 Å². The summed E-state index contributed by atoms with van der Waals surface area (Å²) in [6.45, 7) is 2.34. The molecule has 0 aliphatic carbocycles. The van der Waals surface area contributed by atoms with E-state index in [1.54, 1.807) is 7.11 Å². The molecule has 1 aliphatic rings. The molecule has 1 heterocycles. The Hall–Kier alpha value is -1.54. The molecule has 0 atom stereocenters. The van der Waals surface area contributed by atoms with Crippen molar-refractivity contribution in [1.29, 1.82) is 0 Å². The highest BCUT2D eigenvalue weighted by Gasteiger charge is 2.14. The third-order valence-electron chi connectivity index (χ3n) is 4.11. The van der Waals surface area contributed by atoms with E-state index in [1.165, 1.54) is 48.7 Å². The Morgan fingerprint density at radius 3 is 2.79 bits per heavy atom. The average molecular weight is 255 g/mol. The predicted octanol–water partition coefficient (Wildman–Crippen LogP) is 3.39. The van der Waals surface area contributed by atoms with Crippen molar-refractivity contribution in [2.24, 2.45) is 5.92 Å². The molecule has 2 aromatic carbocycles. The number of nitrogens with one attached hydrogen (secondary N) is 1. The van der Waals surface area contributed by atoms with E-state index in [4.69, 9.17) is 4.74 Å². The number of hydrogen-bond acceptors (Lipinski definition) is 2. The average Bonchev–Trinajstić information content (AvgIpc) is 2.47. The summed E-state index contributed by atoms with van der Waals surface area (Å²) in [5, 5.41) is 5.92. The van der Waals surface area contributed by atoms with Crippen molar-refractivity contribution < 1.29 is 4.74 Å². The molecule has 0 saturated carbocycles. The van der Waals surface area contributed by atoms with Crippen LogP contribution < -0.4 is 10.1 Å². The molecule has 0 bridgehead atoms. The minimum Gasteiger partial charge on any atom is -0.496 e. The van der Waals surface area contributed by atoms with E-state index in [1.807, 2.05) is 12.1 Å². The molecule has 0 amide bonds. The first kappa shape index (κ1) is 12.5. The highest BCUT2D eigenvalue weighted by atomic mass is 16.5. The summed E-state index contributed by atoms with van der Waals surface area (Å²) < 4.78 is 5.46. The van der Waals surface area contributed by atoms with Crippen molar-refractivity contribution in [1.82, 2.24) is 5.32 Å². The summed E-state index contributed by atoms with van der Waals surface area (Å²) in [7, 11) is 1.74. The molecule has 0 radical (unpaired) electrons. The summed E-state index contributed by atoms with van der Waals surface area (Å²) >= 11 is 0. The van der Waals surface area contributed by atoms with Crippen molar-refractivity contribution in [3.8, 4) is 5.75 Å². The lowest BCUT2D eigenvalue weighted by molar-refractivity contribution is 0.372. The van der Waals surface area contributed by atoms with Gasteiger partial charge in [-0.25, -0.2) is 0 Å². The standard InChI is InChI=1S/C17H21NO/c1-19-17-4-2-3-15-6-5-14(12-16(15)17)11-13-7-9-18-10-8-13/h2-6,12-13,18H,7-11H2,1H3. The summed E-state index contributed by atoms with van der Waals surface area (Å²) in [5.74, 6) is 1.80. The highest BCUT2D eigenvalue weighted by molar-refractivity contribution is 5.88. The van der Waals surface area contributed by atoms with Crippen LogP contribution in [-0.2, 0) is 6.42 Å². The van der Waals surface area contributed by atoms with Gasteiger partial charge < -0.3 is 10.1 Å². The number of hydrogen-bond donors (Lipinski definition) is 1. The molecule has 2 aromatic rings. The first-order valence-corrected chi connectivity index (χ1v) is 7.13. The van der Waals surface area contributed by atoms with E-state index >= 15 is 0 Å². The lowest BCUT2D eigenvalue weighted by Crippen LogP contribution is -2.28. The fourth-order valence-corrected chi connectivity index (χ4v) is 3.02. The van der Waals surface area contributed by atoms with Gasteiger partial charge in [-0.3, -0.25) is 0 Å². The van der Waals surface area contributed by atoms with Crippen molar-refractivity contribution in [3.63, 3.8) is 0 Å². The highest BCUT2D eigenvalue weighted by Crippen LogP contribution is 2.28. The van der Waals surface area contributed by atoms with E-state index in [9.17, 15) is 0 Å². The van der Waals surface area contributed by atoms with Gasteiger partial charge in [0, 0.05) is 5.39 Å². The Morgan fingerprint density at radius 2 is 2.00 bits per heavy atom. The maximum absolute atomic E-state index is 5.46. The second-order valence-corrected chi connectivity index (χ2v) is 5.41. The molecule has 100 valence electrons. The number of fused-ring (bicyclic) bond motifs is 1. The van der Waals surface area contributed by atoms with Gasteiger partial charge in [-0.05, 0) is 61.4 Å². The van der Waals surface area contributed by atoms with Gasteiger partial charge in [0.2, 0.25) is 0 Å². The summed E-state index contributed by atoms with van der Waals surface area (Å²) in [5.41, 5.74) is 1.43. The largest absolute Gasteiger partial charge is 0.496 e. The fraction of sp³-hybridized carbons (Fsp3) is 0.412. The zero-order chi connectivity index (χ0) is 13.1. The van der Waals surface area contributed by atoms with Crippen molar-refractivity contribution in [2.75, 3.05) is 20.2 Å². The van der Waals surface area contributed by atoms with Gasteiger partial charge in [-0.1, -0.05) is 24.3 Å². The van der Waals surface area contributed by atoms with Crippen LogP contribution in [0.25, 0.3) is 10.8 Å². The zero-order valence-electron chi connectivity index (χ0n) is 11.5. The molecular formula is C17H21NO. The van der Waals surface area contributed by atoms with Crippen LogP contribution in [0.4, 0.5) is 0 Å². The third-order valence-corrected chi connectivity index (χ3v) is 4.11. The fourth-order valence-electron chi connectivity index (χ4n) is 3.02. The number of benzene rings is 2. The van der Waals surface area contributed by atoms with Crippen LogP contribution in [0.5, 0.6) is 5.75 Å². The Kier molecular flexibility index (Phi) is 3.69. The Labute approximate surface area is 114 Å². The lowest BCUT2D eigenvalue weighted by Gasteiger charge is -2.22. The van der Waals surface area contributed by atoms with Gasteiger partial charge in [0.15, 0.2) is 0 Å². The number of piperidine rings is 1. The van der Waals surface area contributed by atoms with Gasteiger partial charge >= 0.3 is 0 Å². The van der Waals surface area contributed by atoms with Gasteiger partial charge in [-0.15, -0.1) is 0 Å². The topological polar surface area (TPSA) is 21.3 Å². The first-order valence-electron chi connectivity index (χ1n) is 7.13. The Morgan fingerprint density at radius 1 is 1.16 bits per heavy atom. The zero-order valence-corrected chi connectivity index (χ0v) is 11.5. The van der Waals surface area contributed by atoms with Crippen LogP contribution in [0.3, 0.4) is 0 Å². The van der Waals surface area contributed by atoms with Crippen molar-refractivity contribution >= 4 is 10.8 Å². The molecule has 1 saturated heterocycles. The number of rotatable bonds is 3. The van der Waals surface area contributed by atoms with Crippen LogP contribution in [0.2, 0.25) is 0 Å². The minimum atomic E-state index is 0.827. The second-order valence-electron chi connectivity index (χ2n) is 5.41. The normalized spacial score (nSPS) is 16.7. The van der Waals surface area contributed by atoms with Crippen molar-refractivity contribution in [3.05, 3.63) is 42.0 Å². The molecule has 0 unspecified atom stereocenters. The predicted molar refractivity (Wildman–Crippen MR) is 79.8 cm³/mol. The van der Waals surface area contributed by atoms with Crippen LogP contribution >= 0.6 is 0 Å². The van der Waals surface area contributed by atoms with Crippen molar-refractivity contribution in [2.45, 2.75) is 19.3 Å². The molecule has 0 spiro atoms. The molecule has 0 aromatic heterocycles. The summed E-state index contributed by atoms with van der Waals surface area (Å²) in [4.78, 5) is 0. The Balaban J connectivity index is 1.87. The molecule has 2 nitrogen and oxygen atoms in total. The van der Waals surface area contributed by atoms with Crippen LogP contribution in [0.1, 0.15) is 18.4 Å². The van der Waals surface area contributed by atoms with Crippen LogP contribution in [0.15, 0.2) is 36.4 Å². The van der Waals surface area contributed by atoms with E-state index in [0.717, 1.165) is 11.7 Å². The summed E-state index contributed by atoms with van der Waals surface area (Å²) in [6.07, 6.45) is 3.78. The Bertz CT molecular complexity index is 558. The summed E-state index contributed by atoms with van der Waals surface area (Å²) in [6, 6.07) is 13.0. The first-order chi connectivity index (χ1) is 9.36. The molecular weight excluding hydrogens is 234 g/mol. The molecule has 1 aliphatic heterocycles. The van der Waals surface area contributed by atoms with Gasteiger partial charge in [0.05, 0.1) is 7.11 Å². The van der Waals surface area contributed by atoms with E-state index in [0.29, 0.717) is 0 Å².